The van der Waals surface area contributed by atoms with Crippen molar-refractivity contribution < 1.29 is 27.1 Å². The predicted molar refractivity (Wildman–Crippen MR) is 132 cm³/mol. The maximum atomic E-state index is 13.9. The van der Waals surface area contributed by atoms with Crippen molar-refractivity contribution in [2.75, 3.05) is 14.1 Å². The van der Waals surface area contributed by atoms with E-state index in [4.69, 9.17) is 4.74 Å². The zero-order valence-corrected chi connectivity index (χ0v) is 20.2. The fourth-order valence-corrected chi connectivity index (χ4v) is 3.85. The quantitative estimate of drug-likeness (QED) is 0.278. The van der Waals surface area contributed by atoms with Gasteiger partial charge in [-0.1, -0.05) is 18.2 Å². The van der Waals surface area contributed by atoms with Gasteiger partial charge in [0, 0.05) is 19.3 Å². The summed E-state index contributed by atoms with van der Waals surface area (Å²) in [5.74, 6) is 0.145. The molecule has 0 aliphatic rings. The number of ether oxygens (including phenoxy) is 1. The predicted octanol–water partition coefficient (Wildman–Crippen LogP) is 6.42. The van der Waals surface area contributed by atoms with Gasteiger partial charge in [-0.2, -0.15) is 13.2 Å². The SMILES string of the molecule is CN(C)Cc1ccc(-n2cccc2C(=O)NCc2ccc(Oc3ccc(F)cc3)cc2)c(C(F)(F)F)c1. The second-order valence-corrected chi connectivity index (χ2v) is 8.73. The number of hydrogen-bond acceptors (Lipinski definition) is 3. The lowest BCUT2D eigenvalue weighted by Gasteiger charge is -2.18. The average molecular weight is 512 g/mol. The van der Waals surface area contributed by atoms with Gasteiger partial charge in [-0.05, 0) is 85.9 Å². The first kappa shape index (κ1) is 26.0. The molecule has 0 spiro atoms. The molecule has 5 nitrogen and oxygen atoms in total. The molecular formula is C28H25F4N3O2. The molecular weight excluding hydrogens is 486 g/mol. The van der Waals surface area contributed by atoms with Gasteiger partial charge in [0.1, 0.15) is 23.0 Å². The third-order valence-electron chi connectivity index (χ3n) is 5.53. The van der Waals surface area contributed by atoms with Crippen LogP contribution < -0.4 is 10.1 Å². The van der Waals surface area contributed by atoms with Crippen molar-refractivity contribution in [3.8, 4) is 17.2 Å². The number of alkyl halides is 3. The number of carbonyl (C=O) groups excluding carboxylic acids is 1. The van der Waals surface area contributed by atoms with Gasteiger partial charge in [0.15, 0.2) is 0 Å². The number of hydrogen-bond donors (Lipinski definition) is 1. The van der Waals surface area contributed by atoms with E-state index in [1.807, 2.05) is 0 Å². The fourth-order valence-electron chi connectivity index (χ4n) is 3.85. The van der Waals surface area contributed by atoms with E-state index >= 15 is 0 Å². The molecule has 4 rings (SSSR count). The van der Waals surface area contributed by atoms with E-state index in [1.54, 1.807) is 49.3 Å². The van der Waals surface area contributed by atoms with Crippen molar-refractivity contribution in [1.82, 2.24) is 14.8 Å². The van der Waals surface area contributed by atoms with Crippen LogP contribution in [0.5, 0.6) is 11.5 Å². The molecule has 0 saturated carbocycles. The van der Waals surface area contributed by atoms with Gasteiger partial charge in [-0.15, -0.1) is 0 Å². The Balaban J connectivity index is 1.47. The summed E-state index contributed by atoms with van der Waals surface area (Å²) in [4.78, 5) is 14.7. The molecule has 1 N–H and O–H groups in total. The van der Waals surface area contributed by atoms with Crippen molar-refractivity contribution in [2.24, 2.45) is 0 Å². The van der Waals surface area contributed by atoms with Crippen molar-refractivity contribution in [3.63, 3.8) is 0 Å². The lowest BCUT2D eigenvalue weighted by Crippen LogP contribution is -2.25. The van der Waals surface area contributed by atoms with Crippen LogP contribution in [0, 0.1) is 5.82 Å². The van der Waals surface area contributed by atoms with Crippen molar-refractivity contribution in [1.29, 1.82) is 0 Å². The van der Waals surface area contributed by atoms with E-state index in [0.29, 0.717) is 23.6 Å². The monoisotopic (exact) mass is 511 g/mol. The van der Waals surface area contributed by atoms with Gasteiger partial charge in [-0.3, -0.25) is 4.79 Å². The number of benzene rings is 3. The fraction of sp³-hybridized carbons (Fsp3) is 0.179. The topological polar surface area (TPSA) is 46.5 Å². The van der Waals surface area contributed by atoms with Gasteiger partial charge in [0.2, 0.25) is 0 Å². The highest BCUT2D eigenvalue weighted by Gasteiger charge is 2.35. The van der Waals surface area contributed by atoms with Crippen LogP contribution in [0.1, 0.15) is 27.2 Å². The Labute approximate surface area is 211 Å². The number of rotatable bonds is 8. The maximum Gasteiger partial charge on any atom is 0.418 e. The molecule has 192 valence electrons. The zero-order valence-electron chi connectivity index (χ0n) is 20.2. The van der Waals surface area contributed by atoms with E-state index < -0.39 is 17.6 Å². The normalized spacial score (nSPS) is 11.5. The molecule has 0 aliphatic heterocycles. The average Bonchev–Trinajstić information content (AvgIpc) is 3.34. The van der Waals surface area contributed by atoms with Crippen LogP contribution in [0.2, 0.25) is 0 Å². The van der Waals surface area contributed by atoms with Crippen LogP contribution in [-0.4, -0.2) is 29.5 Å². The summed E-state index contributed by atoms with van der Waals surface area (Å²) in [6.45, 7) is 0.519. The first-order valence-corrected chi connectivity index (χ1v) is 11.4. The molecule has 1 aromatic heterocycles. The van der Waals surface area contributed by atoms with Gasteiger partial charge < -0.3 is 19.5 Å². The molecule has 0 fully saturated rings. The Morgan fingerprint density at radius 1 is 0.919 bits per heavy atom. The molecule has 0 radical (unpaired) electrons. The summed E-state index contributed by atoms with van der Waals surface area (Å²) < 4.78 is 61.6. The summed E-state index contributed by atoms with van der Waals surface area (Å²) in [6, 6.07) is 19.7. The third kappa shape index (κ3) is 6.56. The second kappa shape index (κ2) is 10.9. The van der Waals surface area contributed by atoms with Gasteiger partial charge in [0.25, 0.3) is 5.91 Å². The Kier molecular flexibility index (Phi) is 7.63. The number of amides is 1. The van der Waals surface area contributed by atoms with Crippen molar-refractivity contribution in [2.45, 2.75) is 19.3 Å². The number of nitrogens with one attached hydrogen (secondary N) is 1. The molecule has 0 aliphatic carbocycles. The molecule has 4 aromatic rings. The Bertz CT molecular complexity index is 1360. The van der Waals surface area contributed by atoms with Crippen LogP contribution in [0.25, 0.3) is 5.69 Å². The molecule has 0 unspecified atom stereocenters. The molecule has 9 heteroatoms. The Hall–Kier alpha value is -4.11. The van der Waals surface area contributed by atoms with Crippen molar-refractivity contribution in [3.05, 3.63) is 113 Å². The van der Waals surface area contributed by atoms with Crippen LogP contribution in [0.4, 0.5) is 17.6 Å². The van der Waals surface area contributed by atoms with Gasteiger partial charge in [-0.25, -0.2) is 4.39 Å². The highest BCUT2D eigenvalue weighted by molar-refractivity contribution is 5.93. The summed E-state index contributed by atoms with van der Waals surface area (Å²) in [7, 11) is 3.56. The first-order chi connectivity index (χ1) is 17.6. The van der Waals surface area contributed by atoms with E-state index in [2.05, 4.69) is 5.32 Å². The number of carbonyl (C=O) groups is 1. The number of halogens is 4. The highest BCUT2D eigenvalue weighted by Crippen LogP contribution is 2.35. The largest absolute Gasteiger partial charge is 0.457 e. The molecule has 1 amide bonds. The van der Waals surface area contributed by atoms with Gasteiger partial charge in [0.05, 0.1) is 11.3 Å². The lowest BCUT2D eigenvalue weighted by molar-refractivity contribution is -0.137. The van der Waals surface area contributed by atoms with E-state index in [0.717, 1.165) is 11.6 Å². The Morgan fingerprint density at radius 3 is 2.16 bits per heavy atom. The molecule has 0 saturated heterocycles. The zero-order chi connectivity index (χ0) is 26.6. The maximum absolute atomic E-state index is 13.9. The van der Waals surface area contributed by atoms with Gasteiger partial charge >= 0.3 is 6.18 Å². The second-order valence-electron chi connectivity index (χ2n) is 8.73. The smallest absolute Gasteiger partial charge is 0.418 e. The minimum absolute atomic E-state index is 0.0853. The molecule has 37 heavy (non-hydrogen) atoms. The highest BCUT2D eigenvalue weighted by atomic mass is 19.4. The van der Waals surface area contributed by atoms with Crippen LogP contribution in [0.15, 0.2) is 85.1 Å². The molecule has 0 atom stereocenters. The summed E-state index contributed by atoms with van der Waals surface area (Å²) in [6.07, 6.45) is -3.15. The molecule has 0 bridgehead atoms. The van der Waals surface area contributed by atoms with Crippen LogP contribution >= 0.6 is 0 Å². The Morgan fingerprint density at radius 2 is 1.54 bits per heavy atom. The van der Waals surface area contributed by atoms with E-state index in [1.165, 1.54) is 53.2 Å². The summed E-state index contributed by atoms with van der Waals surface area (Å²) in [5.41, 5.74) is 0.441. The standard InChI is InChI=1S/C28H25F4N3O2/c1-34(2)18-20-7-14-25(24(16-20)28(30,31)32)35-15-3-4-26(35)27(36)33-17-19-5-10-22(11-6-19)37-23-12-8-21(29)9-13-23/h3-16H,17-18H2,1-2H3,(H,33,36). The number of aromatic nitrogens is 1. The first-order valence-electron chi connectivity index (χ1n) is 11.4. The minimum atomic E-state index is -4.59. The third-order valence-corrected chi connectivity index (χ3v) is 5.53. The molecule has 1 heterocycles. The van der Waals surface area contributed by atoms with E-state index in [-0.39, 0.29) is 23.7 Å². The summed E-state index contributed by atoms with van der Waals surface area (Å²) in [5, 5.41) is 2.75. The summed E-state index contributed by atoms with van der Waals surface area (Å²) >= 11 is 0. The number of nitrogens with zero attached hydrogens (tertiary/aromatic N) is 2. The van der Waals surface area contributed by atoms with E-state index in [9.17, 15) is 22.4 Å². The van der Waals surface area contributed by atoms with Crippen LogP contribution in [-0.2, 0) is 19.3 Å². The lowest BCUT2D eigenvalue weighted by atomic mass is 10.1. The van der Waals surface area contributed by atoms with Crippen LogP contribution in [0.3, 0.4) is 0 Å². The van der Waals surface area contributed by atoms with Crippen molar-refractivity contribution >= 4 is 5.91 Å². The minimum Gasteiger partial charge on any atom is -0.457 e. The molecule has 3 aromatic carbocycles.